The van der Waals surface area contributed by atoms with Gasteiger partial charge in [0, 0.05) is 18.8 Å². The second-order valence-corrected chi connectivity index (χ2v) is 5.58. The van der Waals surface area contributed by atoms with Crippen LogP contribution >= 0.6 is 0 Å². The Balaban J connectivity index is 1.89. The van der Waals surface area contributed by atoms with E-state index in [1.165, 1.54) is 6.33 Å². The highest BCUT2D eigenvalue weighted by Crippen LogP contribution is 2.36. The van der Waals surface area contributed by atoms with Gasteiger partial charge in [0.1, 0.15) is 30.3 Å². The zero-order chi connectivity index (χ0) is 16.3. The largest absolute Gasteiger partial charge is 0.394 e. The van der Waals surface area contributed by atoms with Gasteiger partial charge in [-0.2, -0.15) is 5.10 Å². The first-order valence-corrected chi connectivity index (χ1v) is 7.09. The van der Waals surface area contributed by atoms with Gasteiger partial charge in [0.25, 0.3) is 0 Å². The van der Waals surface area contributed by atoms with Crippen LogP contribution in [0, 0.1) is 0 Å². The Morgan fingerprint density at radius 1 is 1.30 bits per heavy atom. The first-order chi connectivity index (χ1) is 11.0. The average Bonchev–Trinajstić information content (AvgIpc) is 3.05. The third-order valence-electron chi connectivity index (χ3n) is 4.22. The second-order valence-electron chi connectivity index (χ2n) is 5.58. The van der Waals surface area contributed by atoms with Crippen LogP contribution in [0.25, 0.3) is 11.0 Å². The van der Waals surface area contributed by atoms with Gasteiger partial charge in [-0.1, -0.05) is 0 Å². The molecule has 4 atom stereocenters. The fraction of sp³-hybridized carbons (Fsp3) is 0.462. The highest BCUT2D eigenvalue weighted by Gasteiger charge is 2.44. The van der Waals surface area contributed by atoms with E-state index in [9.17, 15) is 15.3 Å². The average molecular weight is 320 g/mol. The molecule has 2 aromatic rings. The van der Waals surface area contributed by atoms with Crippen molar-refractivity contribution in [2.45, 2.75) is 24.5 Å². The summed E-state index contributed by atoms with van der Waals surface area (Å²) in [6.07, 6.45) is -1.10. The van der Waals surface area contributed by atoms with E-state index in [2.05, 4.69) is 15.1 Å². The molecule has 0 amide bonds. The van der Waals surface area contributed by atoms with E-state index in [1.807, 2.05) is 0 Å². The van der Waals surface area contributed by atoms with Gasteiger partial charge in [-0.05, 0) is 0 Å². The molecule has 0 radical (unpaired) electrons. The summed E-state index contributed by atoms with van der Waals surface area (Å²) in [4.78, 5) is 8.45. The minimum Gasteiger partial charge on any atom is -0.394 e. The van der Waals surface area contributed by atoms with E-state index in [4.69, 9.17) is 10.5 Å². The van der Waals surface area contributed by atoms with Crippen molar-refractivity contribution in [3.63, 3.8) is 0 Å². The predicted octanol–water partition coefficient (Wildman–Crippen LogP) is -1.89. The number of aromatic nitrogens is 3. The first kappa shape index (κ1) is 14.3. The lowest BCUT2D eigenvalue weighted by molar-refractivity contribution is -0.0508. The highest BCUT2D eigenvalue weighted by molar-refractivity contribution is 6.13. The molecule has 4 rings (SSSR count). The minimum atomic E-state index is -1.20. The SMILES string of the molecule is CN1N=C(N)c2cn([C@@H]3O[C@H](CO)[C@@H](O)[C@H]3O)c3ncnc1c23. The number of aliphatic hydroxyl groups excluding tert-OH is 3. The predicted molar refractivity (Wildman–Crippen MR) is 79.7 cm³/mol. The summed E-state index contributed by atoms with van der Waals surface area (Å²) in [6, 6.07) is 0. The van der Waals surface area contributed by atoms with Crippen LogP contribution in [0.3, 0.4) is 0 Å². The van der Waals surface area contributed by atoms with Gasteiger partial charge in [0.2, 0.25) is 0 Å². The zero-order valence-corrected chi connectivity index (χ0v) is 12.2. The fourth-order valence-electron chi connectivity index (χ4n) is 3.07. The monoisotopic (exact) mass is 320 g/mol. The molecule has 1 saturated heterocycles. The Labute approximate surface area is 130 Å². The van der Waals surface area contributed by atoms with Crippen LogP contribution in [0.4, 0.5) is 5.82 Å². The van der Waals surface area contributed by atoms with Crippen molar-refractivity contribution in [3.8, 4) is 0 Å². The zero-order valence-electron chi connectivity index (χ0n) is 12.2. The molecule has 2 aliphatic heterocycles. The van der Waals surface area contributed by atoms with Crippen molar-refractivity contribution >= 4 is 22.7 Å². The quantitative estimate of drug-likeness (QED) is 0.503. The Hall–Kier alpha value is -2.27. The lowest BCUT2D eigenvalue weighted by Crippen LogP contribution is -2.33. The van der Waals surface area contributed by atoms with E-state index < -0.39 is 31.1 Å². The summed E-state index contributed by atoms with van der Waals surface area (Å²) in [5.74, 6) is 0.884. The van der Waals surface area contributed by atoms with Crippen molar-refractivity contribution in [2.75, 3.05) is 18.7 Å². The molecule has 4 heterocycles. The molecule has 0 aromatic carbocycles. The van der Waals surface area contributed by atoms with Gasteiger partial charge >= 0.3 is 0 Å². The number of amidine groups is 1. The first-order valence-electron chi connectivity index (χ1n) is 7.09. The van der Waals surface area contributed by atoms with E-state index in [0.717, 1.165) is 0 Å². The van der Waals surface area contributed by atoms with E-state index >= 15 is 0 Å². The lowest BCUT2D eigenvalue weighted by atomic mass is 10.1. The summed E-state index contributed by atoms with van der Waals surface area (Å²) >= 11 is 0. The molecule has 0 aliphatic carbocycles. The van der Waals surface area contributed by atoms with Gasteiger partial charge in [-0.15, -0.1) is 0 Å². The Bertz CT molecular complexity index is 805. The number of rotatable bonds is 2. The Morgan fingerprint density at radius 3 is 2.78 bits per heavy atom. The summed E-state index contributed by atoms with van der Waals surface area (Å²) in [6.45, 7) is -0.395. The molecule has 0 bridgehead atoms. The van der Waals surface area contributed by atoms with Crippen LogP contribution in [0.15, 0.2) is 17.6 Å². The van der Waals surface area contributed by atoms with E-state index in [1.54, 1.807) is 22.8 Å². The summed E-state index contributed by atoms with van der Waals surface area (Å²) in [7, 11) is 1.72. The number of hydrazone groups is 1. The molecule has 0 saturated carbocycles. The topological polar surface area (TPSA) is 142 Å². The Morgan fingerprint density at radius 2 is 2.09 bits per heavy atom. The van der Waals surface area contributed by atoms with Crippen LogP contribution in [0.1, 0.15) is 11.8 Å². The maximum Gasteiger partial charge on any atom is 0.164 e. The molecule has 5 N–H and O–H groups in total. The molecule has 0 unspecified atom stereocenters. The van der Waals surface area contributed by atoms with E-state index in [-0.39, 0.29) is 0 Å². The van der Waals surface area contributed by atoms with Crippen LogP contribution in [-0.4, -0.2) is 67.7 Å². The standard InChI is InChI=1S/C13H16N6O4/c1-18-11-7-5(10(14)17-18)2-19(12(7)16-4-15-11)13-9(22)8(21)6(3-20)23-13/h2,4,6,8-9,13,20-22H,3H2,1H3,(H2,14,17)/t6-,8-,9-,13-/m1/s1. The third kappa shape index (κ3) is 1.86. The highest BCUT2D eigenvalue weighted by atomic mass is 16.6. The van der Waals surface area contributed by atoms with Gasteiger partial charge in [0.15, 0.2) is 17.9 Å². The molecule has 1 fully saturated rings. The van der Waals surface area contributed by atoms with Crippen molar-refractivity contribution in [2.24, 2.45) is 10.8 Å². The molecule has 0 spiro atoms. The van der Waals surface area contributed by atoms with E-state index in [0.29, 0.717) is 28.3 Å². The number of nitrogens with two attached hydrogens (primary N) is 1. The molecular formula is C13H16N6O4. The van der Waals surface area contributed by atoms with Crippen LogP contribution in [-0.2, 0) is 4.74 Å². The molecule has 10 heteroatoms. The fourth-order valence-corrected chi connectivity index (χ4v) is 3.07. The minimum absolute atomic E-state index is 0.297. The van der Waals surface area contributed by atoms with Crippen LogP contribution in [0.2, 0.25) is 0 Å². The molecule has 2 aromatic heterocycles. The number of hydrogen-bond donors (Lipinski definition) is 4. The van der Waals surface area contributed by atoms with Crippen molar-refractivity contribution in [1.29, 1.82) is 0 Å². The smallest absolute Gasteiger partial charge is 0.164 e. The molecule has 122 valence electrons. The van der Waals surface area contributed by atoms with Gasteiger partial charge in [-0.25, -0.2) is 15.0 Å². The number of nitrogens with zero attached hydrogens (tertiary/aromatic N) is 5. The summed E-state index contributed by atoms with van der Waals surface area (Å²) in [5, 5.41) is 35.9. The lowest BCUT2D eigenvalue weighted by Gasteiger charge is -2.19. The second kappa shape index (κ2) is 4.86. The van der Waals surface area contributed by atoms with Gasteiger partial charge < -0.3 is 30.4 Å². The molecular weight excluding hydrogens is 304 g/mol. The number of hydrogen-bond acceptors (Lipinski definition) is 9. The van der Waals surface area contributed by atoms with Crippen molar-refractivity contribution < 1.29 is 20.1 Å². The number of aliphatic hydroxyl groups is 3. The van der Waals surface area contributed by atoms with Crippen LogP contribution < -0.4 is 10.7 Å². The number of ether oxygens (including phenoxy) is 1. The maximum absolute atomic E-state index is 10.2. The van der Waals surface area contributed by atoms with Crippen LogP contribution in [0.5, 0.6) is 0 Å². The van der Waals surface area contributed by atoms with Crippen molar-refractivity contribution in [3.05, 3.63) is 18.1 Å². The number of anilines is 1. The van der Waals surface area contributed by atoms with Gasteiger partial charge in [0.05, 0.1) is 12.0 Å². The molecule has 2 aliphatic rings. The Kier molecular flexibility index (Phi) is 3.03. The maximum atomic E-state index is 10.2. The van der Waals surface area contributed by atoms with Gasteiger partial charge in [-0.3, -0.25) is 0 Å². The van der Waals surface area contributed by atoms with Crippen molar-refractivity contribution in [1.82, 2.24) is 14.5 Å². The molecule has 23 heavy (non-hydrogen) atoms. The summed E-state index contributed by atoms with van der Waals surface area (Å²) in [5.41, 5.74) is 7.10. The third-order valence-corrected chi connectivity index (χ3v) is 4.22. The molecule has 10 nitrogen and oxygen atoms in total. The summed E-state index contributed by atoms with van der Waals surface area (Å²) < 4.78 is 7.15. The normalized spacial score (nSPS) is 30.1.